The standard InChI is InChI=1S/C23H25N3O4/c1-15(2)23(16-7-8-20-21(13-16)30-12-11-29-20)25-22(28)9-10-26-18-6-4-3-5-17(18)19(27)14-24-26/h3-8,13-15,23H,9-12H2,1-2H3,(H,25,28)/t23-/m1/s1. The lowest BCUT2D eigenvalue weighted by atomic mass is 9.95. The summed E-state index contributed by atoms with van der Waals surface area (Å²) in [6.07, 6.45) is 1.56. The van der Waals surface area contributed by atoms with Crippen LogP contribution in [0.5, 0.6) is 11.5 Å². The highest BCUT2D eigenvalue weighted by atomic mass is 16.6. The molecule has 2 heterocycles. The second-order valence-electron chi connectivity index (χ2n) is 7.69. The zero-order chi connectivity index (χ0) is 21.1. The Morgan fingerprint density at radius 2 is 1.90 bits per heavy atom. The van der Waals surface area contributed by atoms with E-state index >= 15 is 0 Å². The Kier molecular flexibility index (Phi) is 5.70. The zero-order valence-electron chi connectivity index (χ0n) is 17.1. The number of fused-ring (bicyclic) bond motifs is 2. The van der Waals surface area contributed by atoms with E-state index in [1.807, 2.05) is 36.4 Å². The van der Waals surface area contributed by atoms with Gasteiger partial charge in [0.15, 0.2) is 11.5 Å². The molecular formula is C23H25N3O4. The van der Waals surface area contributed by atoms with Gasteiger partial charge in [0.05, 0.1) is 24.3 Å². The molecule has 7 heteroatoms. The molecule has 30 heavy (non-hydrogen) atoms. The first-order valence-corrected chi connectivity index (χ1v) is 10.2. The van der Waals surface area contributed by atoms with Crippen LogP contribution in [0.2, 0.25) is 0 Å². The molecular weight excluding hydrogens is 382 g/mol. The maximum Gasteiger partial charge on any atom is 0.222 e. The minimum absolute atomic E-state index is 0.0758. The van der Waals surface area contributed by atoms with Crippen LogP contribution in [0, 0.1) is 5.92 Å². The van der Waals surface area contributed by atoms with Gasteiger partial charge < -0.3 is 14.8 Å². The molecule has 0 fully saturated rings. The van der Waals surface area contributed by atoms with Crippen LogP contribution in [0.15, 0.2) is 53.5 Å². The number of aryl methyl sites for hydroxylation is 1. The molecule has 0 unspecified atom stereocenters. The van der Waals surface area contributed by atoms with Gasteiger partial charge in [0, 0.05) is 11.8 Å². The molecule has 3 aromatic rings. The molecule has 1 aromatic heterocycles. The largest absolute Gasteiger partial charge is 0.486 e. The van der Waals surface area contributed by atoms with Crippen molar-refractivity contribution in [1.29, 1.82) is 0 Å². The van der Waals surface area contributed by atoms with E-state index < -0.39 is 0 Å². The second kappa shape index (κ2) is 8.57. The third kappa shape index (κ3) is 4.15. The van der Waals surface area contributed by atoms with Crippen molar-refractivity contribution < 1.29 is 14.3 Å². The lowest BCUT2D eigenvalue weighted by Gasteiger charge is -2.25. The quantitative estimate of drug-likeness (QED) is 0.679. The third-order valence-corrected chi connectivity index (χ3v) is 5.22. The predicted molar refractivity (Wildman–Crippen MR) is 114 cm³/mol. The van der Waals surface area contributed by atoms with E-state index in [9.17, 15) is 9.59 Å². The number of ether oxygens (including phenoxy) is 2. The summed E-state index contributed by atoms with van der Waals surface area (Å²) >= 11 is 0. The van der Waals surface area contributed by atoms with Crippen LogP contribution in [0.25, 0.3) is 10.9 Å². The molecule has 156 valence electrons. The van der Waals surface area contributed by atoms with E-state index in [4.69, 9.17) is 9.47 Å². The first-order valence-electron chi connectivity index (χ1n) is 10.2. The molecule has 4 rings (SSSR count). The Bertz CT molecular complexity index is 1120. The molecule has 0 spiro atoms. The van der Waals surface area contributed by atoms with Gasteiger partial charge in [-0.25, -0.2) is 0 Å². The molecule has 0 bridgehead atoms. The molecule has 0 saturated heterocycles. The van der Waals surface area contributed by atoms with Gasteiger partial charge in [-0.1, -0.05) is 32.0 Å². The molecule has 1 aliphatic rings. The number of amides is 1. The summed E-state index contributed by atoms with van der Waals surface area (Å²) in [5.41, 5.74) is 1.59. The molecule has 1 amide bonds. The van der Waals surface area contributed by atoms with Gasteiger partial charge in [-0.2, -0.15) is 5.10 Å². The fraction of sp³-hybridized carbons (Fsp3) is 0.348. The number of nitrogens with zero attached hydrogens (tertiary/aromatic N) is 2. The number of benzene rings is 2. The van der Waals surface area contributed by atoms with Crippen LogP contribution >= 0.6 is 0 Å². The van der Waals surface area contributed by atoms with Crippen LogP contribution in [-0.4, -0.2) is 28.9 Å². The van der Waals surface area contributed by atoms with E-state index in [-0.39, 0.29) is 29.7 Å². The lowest BCUT2D eigenvalue weighted by Crippen LogP contribution is -2.32. The first-order chi connectivity index (χ1) is 14.5. The van der Waals surface area contributed by atoms with E-state index in [0.717, 1.165) is 16.8 Å². The van der Waals surface area contributed by atoms with E-state index in [2.05, 4.69) is 24.3 Å². The number of carbonyl (C=O) groups excluding carboxylic acids is 1. The average molecular weight is 407 g/mol. The summed E-state index contributed by atoms with van der Waals surface area (Å²) < 4.78 is 13.0. The highest BCUT2D eigenvalue weighted by Crippen LogP contribution is 2.34. The lowest BCUT2D eigenvalue weighted by molar-refractivity contribution is -0.122. The SMILES string of the molecule is CC(C)[C@@H](NC(=O)CCn1ncc(=O)c2ccccc21)c1ccc2c(c1)OCCO2. The smallest absolute Gasteiger partial charge is 0.222 e. The number of carbonyl (C=O) groups is 1. The maximum absolute atomic E-state index is 12.7. The third-order valence-electron chi connectivity index (χ3n) is 5.22. The zero-order valence-corrected chi connectivity index (χ0v) is 17.1. The number of rotatable bonds is 6. The number of nitrogens with one attached hydrogen (secondary N) is 1. The van der Waals surface area contributed by atoms with Crippen LogP contribution < -0.4 is 20.2 Å². The van der Waals surface area contributed by atoms with Gasteiger partial charge in [-0.15, -0.1) is 0 Å². The van der Waals surface area contributed by atoms with Crippen molar-refractivity contribution in [3.05, 3.63) is 64.4 Å². The topological polar surface area (TPSA) is 82.5 Å². The van der Waals surface area contributed by atoms with Crippen molar-refractivity contribution in [2.24, 2.45) is 5.92 Å². The number of hydrogen-bond donors (Lipinski definition) is 1. The molecule has 0 saturated carbocycles. The van der Waals surface area contributed by atoms with Crippen molar-refractivity contribution in [2.45, 2.75) is 32.9 Å². The minimum Gasteiger partial charge on any atom is -0.486 e. The molecule has 1 aliphatic heterocycles. The second-order valence-corrected chi connectivity index (χ2v) is 7.69. The minimum atomic E-state index is -0.146. The summed E-state index contributed by atoms with van der Waals surface area (Å²) in [6.45, 7) is 5.59. The normalized spacial score (nSPS) is 14.0. The number of aromatic nitrogens is 2. The molecule has 0 aliphatic carbocycles. The van der Waals surface area contributed by atoms with Crippen molar-refractivity contribution in [3.8, 4) is 11.5 Å². The molecule has 2 aromatic carbocycles. The molecule has 1 atom stereocenters. The summed E-state index contributed by atoms with van der Waals surface area (Å²) in [4.78, 5) is 24.7. The van der Waals surface area contributed by atoms with E-state index in [1.54, 1.807) is 10.7 Å². The van der Waals surface area contributed by atoms with Crippen LogP contribution in [0.4, 0.5) is 0 Å². The molecule has 1 N–H and O–H groups in total. The molecule has 0 radical (unpaired) electrons. The fourth-order valence-electron chi connectivity index (χ4n) is 3.68. The van der Waals surface area contributed by atoms with Gasteiger partial charge in [0.25, 0.3) is 0 Å². The Morgan fingerprint density at radius 3 is 2.70 bits per heavy atom. The Hall–Kier alpha value is -3.35. The highest BCUT2D eigenvalue weighted by molar-refractivity contribution is 5.79. The highest BCUT2D eigenvalue weighted by Gasteiger charge is 2.21. The Labute approximate surface area is 174 Å². The van der Waals surface area contributed by atoms with E-state index in [0.29, 0.717) is 30.9 Å². The Morgan fingerprint density at radius 1 is 1.13 bits per heavy atom. The molecule has 7 nitrogen and oxygen atoms in total. The first kappa shape index (κ1) is 19.9. The number of hydrogen-bond acceptors (Lipinski definition) is 5. The monoisotopic (exact) mass is 407 g/mol. The number of para-hydroxylation sites is 1. The van der Waals surface area contributed by atoms with Crippen LogP contribution in [-0.2, 0) is 11.3 Å². The summed E-state index contributed by atoms with van der Waals surface area (Å²) in [5, 5.41) is 7.92. The van der Waals surface area contributed by atoms with Gasteiger partial charge in [0.2, 0.25) is 11.3 Å². The van der Waals surface area contributed by atoms with Crippen LogP contribution in [0.1, 0.15) is 31.9 Å². The summed E-state index contributed by atoms with van der Waals surface area (Å²) in [6, 6.07) is 12.9. The predicted octanol–water partition coefficient (Wildman–Crippen LogP) is 3.07. The van der Waals surface area contributed by atoms with E-state index in [1.165, 1.54) is 6.20 Å². The van der Waals surface area contributed by atoms with Crippen molar-refractivity contribution >= 4 is 16.8 Å². The van der Waals surface area contributed by atoms with Gasteiger partial charge >= 0.3 is 0 Å². The summed E-state index contributed by atoms with van der Waals surface area (Å²) in [7, 11) is 0. The van der Waals surface area contributed by atoms with Crippen LogP contribution in [0.3, 0.4) is 0 Å². The van der Waals surface area contributed by atoms with Crippen molar-refractivity contribution in [2.75, 3.05) is 13.2 Å². The van der Waals surface area contributed by atoms with Crippen molar-refractivity contribution in [1.82, 2.24) is 15.1 Å². The van der Waals surface area contributed by atoms with Gasteiger partial charge in [0.1, 0.15) is 13.2 Å². The van der Waals surface area contributed by atoms with Gasteiger partial charge in [-0.05, 0) is 35.7 Å². The fourth-order valence-corrected chi connectivity index (χ4v) is 3.68. The maximum atomic E-state index is 12.7. The van der Waals surface area contributed by atoms with Crippen molar-refractivity contribution in [3.63, 3.8) is 0 Å². The average Bonchev–Trinajstić information content (AvgIpc) is 2.76. The summed E-state index contributed by atoms with van der Waals surface area (Å²) in [5.74, 6) is 1.56. The van der Waals surface area contributed by atoms with Gasteiger partial charge in [-0.3, -0.25) is 14.3 Å². The Balaban J connectivity index is 1.47.